The highest BCUT2D eigenvalue weighted by Crippen LogP contribution is 2.32. The highest BCUT2D eigenvalue weighted by atomic mass is 16.2. The lowest BCUT2D eigenvalue weighted by molar-refractivity contribution is -0.122. The zero-order valence-electron chi connectivity index (χ0n) is 9.20. The number of amides is 1. The second-order valence-corrected chi connectivity index (χ2v) is 4.64. The molecule has 1 saturated carbocycles. The van der Waals surface area contributed by atoms with Gasteiger partial charge >= 0.3 is 0 Å². The van der Waals surface area contributed by atoms with Crippen LogP contribution < -0.4 is 10.6 Å². The molecule has 1 heterocycles. The molecule has 1 fully saturated rings. The number of nitrogens with one attached hydrogen (secondary N) is 2. The van der Waals surface area contributed by atoms with Gasteiger partial charge < -0.3 is 10.6 Å². The van der Waals surface area contributed by atoms with E-state index in [2.05, 4.69) is 16.7 Å². The molecule has 84 valence electrons. The Kier molecular flexibility index (Phi) is 2.31. The highest BCUT2D eigenvalue weighted by Gasteiger charge is 2.30. The topological polar surface area (TPSA) is 41.1 Å². The quantitative estimate of drug-likeness (QED) is 0.792. The van der Waals surface area contributed by atoms with Gasteiger partial charge in [0.2, 0.25) is 5.91 Å². The molecule has 2 N–H and O–H groups in total. The van der Waals surface area contributed by atoms with Gasteiger partial charge in [-0.2, -0.15) is 0 Å². The van der Waals surface area contributed by atoms with Crippen LogP contribution in [0.2, 0.25) is 0 Å². The Balaban J connectivity index is 1.82. The fourth-order valence-electron chi connectivity index (χ4n) is 2.27. The summed E-state index contributed by atoms with van der Waals surface area (Å²) in [6.45, 7) is 0.889. The van der Waals surface area contributed by atoms with Crippen molar-refractivity contribution in [2.45, 2.75) is 31.2 Å². The summed E-state index contributed by atoms with van der Waals surface area (Å²) in [5, 5.41) is 6.43. The van der Waals surface area contributed by atoms with Gasteiger partial charge in [-0.15, -0.1) is 0 Å². The molecule has 1 aliphatic heterocycles. The van der Waals surface area contributed by atoms with E-state index in [4.69, 9.17) is 0 Å². The molecule has 1 aromatic carbocycles. The second-order valence-electron chi connectivity index (χ2n) is 4.64. The maximum absolute atomic E-state index is 12.1. The van der Waals surface area contributed by atoms with Crippen LogP contribution in [0.1, 0.15) is 30.7 Å². The van der Waals surface area contributed by atoms with Crippen molar-refractivity contribution < 1.29 is 4.79 Å². The van der Waals surface area contributed by atoms with Crippen molar-refractivity contribution in [3.63, 3.8) is 0 Å². The van der Waals surface area contributed by atoms with Gasteiger partial charge in [-0.3, -0.25) is 4.79 Å². The van der Waals surface area contributed by atoms with E-state index in [1.54, 1.807) is 0 Å². The summed E-state index contributed by atoms with van der Waals surface area (Å²) in [5.74, 6) is 0.245. The van der Waals surface area contributed by atoms with Gasteiger partial charge in [0.1, 0.15) is 0 Å². The molecule has 0 aromatic heterocycles. The van der Waals surface area contributed by atoms with Crippen molar-refractivity contribution in [3.8, 4) is 0 Å². The molecular formula is C13H16N2O. The summed E-state index contributed by atoms with van der Waals surface area (Å²) in [6, 6.07) is 8.57. The number of hydrogen-bond donors (Lipinski definition) is 2. The maximum Gasteiger partial charge on any atom is 0.227 e. The fourth-order valence-corrected chi connectivity index (χ4v) is 2.27. The Labute approximate surface area is 95.2 Å². The minimum Gasteiger partial charge on any atom is -0.385 e. The predicted molar refractivity (Wildman–Crippen MR) is 63.5 cm³/mol. The van der Waals surface area contributed by atoms with E-state index < -0.39 is 0 Å². The van der Waals surface area contributed by atoms with Crippen LogP contribution in [0.15, 0.2) is 24.3 Å². The van der Waals surface area contributed by atoms with Crippen molar-refractivity contribution in [2.24, 2.45) is 0 Å². The summed E-state index contributed by atoms with van der Waals surface area (Å²) in [7, 11) is 0. The van der Waals surface area contributed by atoms with Crippen LogP contribution in [0.3, 0.4) is 0 Å². The molecule has 3 rings (SSSR count). The Morgan fingerprint density at radius 2 is 2.06 bits per heavy atom. The van der Waals surface area contributed by atoms with Crippen molar-refractivity contribution in [1.82, 2.24) is 5.32 Å². The highest BCUT2D eigenvalue weighted by molar-refractivity contribution is 5.86. The first kappa shape index (κ1) is 9.70. The smallest absolute Gasteiger partial charge is 0.227 e. The monoisotopic (exact) mass is 216 g/mol. The van der Waals surface area contributed by atoms with E-state index in [1.807, 2.05) is 18.2 Å². The van der Waals surface area contributed by atoms with Gasteiger partial charge in [0.25, 0.3) is 0 Å². The first-order valence-electron chi connectivity index (χ1n) is 5.98. The van der Waals surface area contributed by atoms with Gasteiger partial charge in [0.15, 0.2) is 0 Å². The zero-order valence-corrected chi connectivity index (χ0v) is 9.20. The van der Waals surface area contributed by atoms with Crippen LogP contribution in [0, 0.1) is 0 Å². The summed E-state index contributed by atoms with van der Waals surface area (Å²) in [6.07, 6.45) is 3.20. The number of fused-ring (bicyclic) bond motifs is 1. The van der Waals surface area contributed by atoms with Crippen LogP contribution in [0.4, 0.5) is 5.69 Å². The molecule has 3 heteroatoms. The number of rotatable bonds is 2. The van der Waals surface area contributed by atoms with Gasteiger partial charge in [0.05, 0.1) is 5.92 Å². The van der Waals surface area contributed by atoms with Gasteiger partial charge in [0, 0.05) is 18.3 Å². The van der Waals surface area contributed by atoms with E-state index >= 15 is 0 Å². The minimum absolute atomic E-state index is 0.0399. The summed E-state index contributed by atoms with van der Waals surface area (Å²) in [4.78, 5) is 12.1. The molecular weight excluding hydrogens is 200 g/mol. The van der Waals surface area contributed by atoms with Crippen molar-refractivity contribution in [2.75, 3.05) is 11.9 Å². The van der Waals surface area contributed by atoms with Gasteiger partial charge in [-0.05, 0) is 30.9 Å². The first-order valence-corrected chi connectivity index (χ1v) is 5.98. The Hall–Kier alpha value is -1.51. The van der Waals surface area contributed by atoms with Crippen LogP contribution >= 0.6 is 0 Å². The largest absolute Gasteiger partial charge is 0.385 e. The van der Waals surface area contributed by atoms with Crippen LogP contribution in [-0.2, 0) is 4.79 Å². The molecule has 0 bridgehead atoms. The lowest BCUT2D eigenvalue weighted by atomic mass is 9.90. The third kappa shape index (κ3) is 1.77. The third-order valence-corrected chi connectivity index (χ3v) is 3.32. The Morgan fingerprint density at radius 1 is 1.25 bits per heavy atom. The van der Waals surface area contributed by atoms with Crippen molar-refractivity contribution in [1.29, 1.82) is 0 Å². The SMILES string of the molecule is O=C(NC1CC1)[C@H]1CCNc2ccccc21. The minimum atomic E-state index is 0.0399. The molecule has 1 amide bonds. The summed E-state index contributed by atoms with van der Waals surface area (Å²) < 4.78 is 0. The molecule has 0 spiro atoms. The molecule has 3 nitrogen and oxygen atoms in total. The number of carbonyl (C=O) groups excluding carboxylic acids is 1. The summed E-state index contributed by atoms with van der Waals surface area (Å²) >= 11 is 0. The van der Waals surface area contributed by atoms with E-state index in [1.165, 1.54) is 0 Å². The van der Waals surface area contributed by atoms with Crippen LogP contribution in [0.5, 0.6) is 0 Å². The fraction of sp³-hybridized carbons (Fsp3) is 0.462. The Bertz CT molecular complexity index is 412. The second kappa shape index (κ2) is 3.81. The van der Waals surface area contributed by atoms with Crippen LogP contribution in [-0.4, -0.2) is 18.5 Å². The number of para-hydroxylation sites is 1. The van der Waals surface area contributed by atoms with E-state index in [-0.39, 0.29) is 11.8 Å². The van der Waals surface area contributed by atoms with E-state index in [0.717, 1.165) is 37.1 Å². The lowest BCUT2D eigenvalue weighted by Crippen LogP contribution is -2.34. The average Bonchev–Trinajstić information content (AvgIpc) is 3.12. The molecule has 1 aromatic rings. The normalized spacial score (nSPS) is 23.1. The molecule has 0 unspecified atom stereocenters. The van der Waals surface area contributed by atoms with Crippen molar-refractivity contribution in [3.05, 3.63) is 29.8 Å². The van der Waals surface area contributed by atoms with E-state index in [0.29, 0.717) is 6.04 Å². The van der Waals surface area contributed by atoms with Gasteiger partial charge in [-0.25, -0.2) is 0 Å². The number of hydrogen-bond acceptors (Lipinski definition) is 2. The lowest BCUT2D eigenvalue weighted by Gasteiger charge is -2.25. The molecule has 16 heavy (non-hydrogen) atoms. The average molecular weight is 216 g/mol. The molecule has 2 aliphatic rings. The molecule has 0 saturated heterocycles. The Morgan fingerprint density at radius 3 is 2.88 bits per heavy atom. The number of benzene rings is 1. The van der Waals surface area contributed by atoms with Gasteiger partial charge in [-0.1, -0.05) is 18.2 Å². The van der Waals surface area contributed by atoms with Crippen molar-refractivity contribution >= 4 is 11.6 Å². The zero-order chi connectivity index (χ0) is 11.0. The maximum atomic E-state index is 12.1. The summed E-state index contributed by atoms with van der Waals surface area (Å²) in [5.41, 5.74) is 2.26. The van der Waals surface area contributed by atoms with Crippen LogP contribution in [0.25, 0.3) is 0 Å². The third-order valence-electron chi connectivity index (χ3n) is 3.32. The number of carbonyl (C=O) groups is 1. The molecule has 0 radical (unpaired) electrons. The standard InChI is InChI=1S/C13H16N2O/c16-13(15-9-5-6-9)11-7-8-14-12-4-2-1-3-10(11)12/h1-4,9,11,14H,5-8H2,(H,15,16)/t11-/m0/s1. The molecule has 1 atom stereocenters. The molecule has 1 aliphatic carbocycles. The first-order chi connectivity index (χ1) is 7.84. The predicted octanol–water partition coefficient (Wildman–Crippen LogP) is 1.86. The number of anilines is 1. The van der Waals surface area contributed by atoms with E-state index in [9.17, 15) is 4.79 Å².